The van der Waals surface area contributed by atoms with Gasteiger partial charge < -0.3 is 9.73 Å². The number of benzene rings is 1. The SMILES string of the molecule is O=C(Nc1ccc(S(=O)(=O)Nc2nccs2)cc1)c1ccc(Br)o1. The molecule has 7 nitrogen and oxygen atoms in total. The summed E-state index contributed by atoms with van der Waals surface area (Å²) in [5, 5.41) is 4.57. The highest BCUT2D eigenvalue weighted by atomic mass is 79.9. The Kier molecular flexibility index (Phi) is 4.69. The van der Waals surface area contributed by atoms with E-state index in [0.29, 0.717) is 10.4 Å². The summed E-state index contributed by atoms with van der Waals surface area (Å²) in [5.41, 5.74) is 0.445. The standard InChI is InChI=1S/C14H10BrN3O4S2/c15-12-6-5-11(22-12)13(19)17-9-1-3-10(4-2-9)24(20,21)18-14-16-7-8-23-14/h1-8H,(H,16,18)(H,17,19). The molecule has 0 saturated carbocycles. The van der Waals surface area contributed by atoms with Crippen molar-refractivity contribution in [1.82, 2.24) is 4.98 Å². The maximum absolute atomic E-state index is 12.2. The van der Waals surface area contributed by atoms with Crippen molar-refractivity contribution in [1.29, 1.82) is 0 Å². The maximum atomic E-state index is 12.2. The molecule has 0 aliphatic heterocycles. The van der Waals surface area contributed by atoms with Gasteiger partial charge in [-0.05, 0) is 52.3 Å². The second-order valence-electron chi connectivity index (χ2n) is 4.53. The minimum atomic E-state index is -3.72. The van der Waals surface area contributed by atoms with Crippen molar-refractivity contribution in [3.05, 3.63) is 58.4 Å². The first-order valence-electron chi connectivity index (χ1n) is 6.53. The fourth-order valence-electron chi connectivity index (χ4n) is 1.79. The molecule has 3 aromatic rings. The third kappa shape index (κ3) is 3.83. The summed E-state index contributed by atoms with van der Waals surface area (Å²) in [7, 11) is -3.72. The van der Waals surface area contributed by atoms with Crippen molar-refractivity contribution in [3.63, 3.8) is 0 Å². The lowest BCUT2D eigenvalue weighted by Crippen LogP contribution is -2.13. The second kappa shape index (κ2) is 6.75. The number of hydrogen-bond acceptors (Lipinski definition) is 6. The Morgan fingerprint density at radius 3 is 2.50 bits per heavy atom. The fraction of sp³-hybridized carbons (Fsp3) is 0. The van der Waals surface area contributed by atoms with Crippen molar-refractivity contribution in [2.45, 2.75) is 4.90 Å². The van der Waals surface area contributed by atoms with Crippen LogP contribution in [-0.2, 0) is 10.0 Å². The average Bonchev–Trinajstić information content (AvgIpc) is 3.19. The van der Waals surface area contributed by atoms with E-state index in [9.17, 15) is 13.2 Å². The summed E-state index contributed by atoms with van der Waals surface area (Å²) < 4.78 is 32.4. The normalized spacial score (nSPS) is 11.2. The van der Waals surface area contributed by atoms with Crippen LogP contribution in [0.3, 0.4) is 0 Å². The number of carbonyl (C=O) groups excluding carboxylic acids is 1. The molecule has 0 aliphatic carbocycles. The number of nitrogens with zero attached hydrogens (tertiary/aromatic N) is 1. The number of amides is 1. The van der Waals surface area contributed by atoms with E-state index in [1.807, 2.05) is 0 Å². The summed E-state index contributed by atoms with van der Waals surface area (Å²) in [6.45, 7) is 0. The van der Waals surface area contributed by atoms with Gasteiger partial charge in [-0.15, -0.1) is 11.3 Å². The van der Waals surface area contributed by atoms with Crippen molar-refractivity contribution in [2.24, 2.45) is 0 Å². The quantitative estimate of drug-likeness (QED) is 0.647. The van der Waals surface area contributed by atoms with Gasteiger partial charge in [-0.2, -0.15) is 0 Å². The van der Waals surface area contributed by atoms with Crippen LogP contribution < -0.4 is 10.0 Å². The third-order valence-corrected chi connectivity index (χ3v) is 5.47. The van der Waals surface area contributed by atoms with E-state index in [-0.39, 0.29) is 15.8 Å². The van der Waals surface area contributed by atoms with Gasteiger partial charge >= 0.3 is 0 Å². The predicted molar refractivity (Wildman–Crippen MR) is 93.7 cm³/mol. The predicted octanol–water partition coefficient (Wildman–Crippen LogP) is 3.55. The van der Waals surface area contributed by atoms with Gasteiger partial charge in [0.2, 0.25) is 0 Å². The number of furan rings is 1. The molecule has 1 amide bonds. The topological polar surface area (TPSA) is 101 Å². The molecule has 1 aromatic carbocycles. The molecule has 10 heteroatoms. The van der Waals surface area contributed by atoms with Gasteiger partial charge in [0.15, 0.2) is 15.6 Å². The number of aromatic nitrogens is 1. The van der Waals surface area contributed by atoms with E-state index in [1.165, 1.54) is 47.9 Å². The lowest BCUT2D eigenvalue weighted by atomic mass is 10.3. The first kappa shape index (κ1) is 16.7. The Morgan fingerprint density at radius 2 is 1.92 bits per heavy atom. The molecule has 2 aromatic heterocycles. The first-order chi connectivity index (χ1) is 11.4. The summed E-state index contributed by atoms with van der Waals surface area (Å²) in [6, 6.07) is 8.90. The lowest BCUT2D eigenvalue weighted by molar-refractivity contribution is 0.0995. The highest BCUT2D eigenvalue weighted by Crippen LogP contribution is 2.20. The van der Waals surface area contributed by atoms with Gasteiger partial charge in [-0.25, -0.2) is 13.4 Å². The molecule has 124 valence electrons. The van der Waals surface area contributed by atoms with Gasteiger partial charge in [0.25, 0.3) is 15.9 Å². The monoisotopic (exact) mass is 427 g/mol. The Labute approximate surface area is 149 Å². The molecule has 2 N–H and O–H groups in total. The highest BCUT2D eigenvalue weighted by molar-refractivity contribution is 9.10. The number of carbonyl (C=O) groups is 1. The molecule has 0 spiro atoms. The van der Waals surface area contributed by atoms with Crippen LogP contribution in [0, 0.1) is 0 Å². The molecule has 0 saturated heterocycles. The molecule has 24 heavy (non-hydrogen) atoms. The minimum absolute atomic E-state index is 0.0662. The molecule has 0 aliphatic rings. The zero-order valence-corrected chi connectivity index (χ0v) is 15.1. The Balaban J connectivity index is 1.72. The number of thiazole rings is 1. The molecular weight excluding hydrogens is 418 g/mol. The number of rotatable bonds is 5. The van der Waals surface area contributed by atoms with Gasteiger partial charge in [-0.1, -0.05) is 0 Å². The molecule has 0 radical (unpaired) electrons. The molecule has 0 atom stereocenters. The molecule has 0 bridgehead atoms. The molecular formula is C14H10BrN3O4S2. The molecule has 0 unspecified atom stereocenters. The lowest BCUT2D eigenvalue weighted by Gasteiger charge is -2.07. The number of sulfonamides is 1. The Hall–Kier alpha value is -2.17. The van der Waals surface area contributed by atoms with Crippen LogP contribution >= 0.6 is 27.3 Å². The van der Waals surface area contributed by atoms with E-state index in [0.717, 1.165) is 0 Å². The van der Waals surface area contributed by atoms with E-state index >= 15 is 0 Å². The van der Waals surface area contributed by atoms with Crippen LogP contribution in [0.1, 0.15) is 10.6 Å². The van der Waals surface area contributed by atoms with Gasteiger partial charge in [-0.3, -0.25) is 9.52 Å². The van der Waals surface area contributed by atoms with Crippen molar-refractivity contribution in [2.75, 3.05) is 10.0 Å². The first-order valence-corrected chi connectivity index (χ1v) is 9.69. The summed E-state index contributed by atoms with van der Waals surface area (Å²) in [5.74, 6) is -0.291. The largest absolute Gasteiger partial charge is 0.444 e. The van der Waals surface area contributed by atoms with Gasteiger partial charge in [0.05, 0.1) is 4.90 Å². The maximum Gasteiger partial charge on any atom is 0.291 e. The van der Waals surface area contributed by atoms with Crippen LogP contribution in [0.5, 0.6) is 0 Å². The van der Waals surface area contributed by atoms with Crippen molar-refractivity contribution < 1.29 is 17.6 Å². The van der Waals surface area contributed by atoms with Crippen LogP contribution in [0.25, 0.3) is 0 Å². The van der Waals surface area contributed by atoms with Crippen LogP contribution in [0.2, 0.25) is 0 Å². The van der Waals surface area contributed by atoms with Crippen LogP contribution in [0.15, 0.2) is 62.0 Å². The Morgan fingerprint density at radius 1 is 1.17 bits per heavy atom. The molecule has 2 heterocycles. The smallest absolute Gasteiger partial charge is 0.291 e. The number of halogens is 1. The zero-order chi connectivity index (χ0) is 17.2. The van der Waals surface area contributed by atoms with E-state index in [4.69, 9.17) is 4.42 Å². The Bertz CT molecular complexity index is 950. The minimum Gasteiger partial charge on any atom is -0.444 e. The number of hydrogen-bond donors (Lipinski definition) is 2. The van der Waals surface area contributed by atoms with Crippen LogP contribution in [-0.4, -0.2) is 19.3 Å². The zero-order valence-electron chi connectivity index (χ0n) is 11.9. The van der Waals surface area contributed by atoms with E-state index in [2.05, 4.69) is 31.0 Å². The average molecular weight is 428 g/mol. The second-order valence-corrected chi connectivity index (χ2v) is 7.88. The fourth-order valence-corrected chi connectivity index (χ4v) is 3.89. The van der Waals surface area contributed by atoms with Gasteiger partial charge in [0.1, 0.15) is 0 Å². The highest BCUT2D eigenvalue weighted by Gasteiger charge is 2.16. The summed E-state index contributed by atoms with van der Waals surface area (Å²) >= 11 is 4.30. The van der Waals surface area contributed by atoms with Crippen LogP contribution in [0.4, 0.5) is 10.8 Å². The van der Waals surface area contributed by atoms with Gasteiger partial charge in [0, 0.05) is 17.3 Å². The van der Waals surface area contributed by atoms with E-state index in [1.54, 1.807) is 11.4 Å². The summed E-state index contributed by atoms with van der Waals surface area (Å²) in [4.78, 5) is 15.9. The summed E-state index contributed by atoms with van der Waals surface area (Å²) in [6.07, 6.45) is 1.51. The van der Waals surface area contributed by atoms with Crippen molar-refractivity contribution in [3.8, 4) is 0 Å². The molecule has 0 fully saturated rings. The van der Waals surface area contributed by atoms with Crippen molar-refractivity contribution >= 4 is 54.0 Å². The number of anilines is 2. The third-order valence-electron chi connectivity index (χ3n) is 2.87. The molecule has 3 rings (SSSR count). The number of nitrogens with one attached hydrogen (secondary N) is 2. The van der Waals surface area contributed by atoms with E-state index < -0.39 is 15.9 Å².